The minimum absolute atomic E-state index is 0.125. The number of nitrogens with zero attached hydrogens (tertiary/aromatic N) is 2. The van der Waals surface area contributed by atoms with Crippen LogP contribution in [0.3, 0.4) is 0 Å². The van der Waals surface area contributed by atoms with Gasteiger partial charge >= 0.3 is 0 Å². The fourth-order valence-corrected chi connectivity index (χ4v) is 2.52. The Bertz CT molecular complexity index is 523. The number of hydrogen-bond acceptors (Lipinski definition) is 3. The normalized spacial score (nSPS) is 30.1. The van der Waals surface area contributed by atoms with Crippen LogP contribution in [-0.2, 0) is 4.79 Å². The molecule has 1 saturated carbocycles. The zero-order valence-corrected chi connectivity index (χ0v) is 9.55. The van der Waals surface area contributed by atoms with Gasteiger partial charge in [-0.3, -0.25) is 4.79 Å². The Morgan fingerprint density at radius 3 is 2.47 bits per heavy atom. The molecule has 3 atom stereocenters. The van der Waals surface area contributed by atoms with Gasteiger partial charge in [0.25, 0.3) is 0 Å². The lowest BCUT2D eigenvalue weighted by molar-refractivity contribution is -0.122. The van der Waals surface area contributed by atoms with Crippen molar-refractivity contribution in [1.82, 2.24) is 0 Å². The van der Waals surface area contributed by atoms with Crippen molar-refractivity contribution in [3.05, 3.63) is 35.9 Å². The van der Waals surface area contributed by atoms with Crippen molar-refractivity contribution in [3.8, 4) is 12.1 Å². The highest BCUT2D eigenvalue weighted by Gasteiger charge is 2.70. The standard InChI is InChI=1S/C14H12N2O/c1-2-12(17)14(9-16)11(8-15)13(14)10-6-4-3-5-7-10/h3-7,11,13H,2H2,1H3. The fraction of sp³-hybridized carbons (Fsp3) is 0.357. The van der Waals surface area contributed by atoms with Gasteiger partial charge < -0.3 is 0 Å². The molecule has 3 heteroatoms. The second-order valence-electron chi connectivity index (χ2n) is 4.25. The monoisotopic (exact) mass is 224 g/mol. The molecular weight excluding hydrogens is 212 g/mol. The zero-order valence-electron chi connectivity index (χ0n) is 9.55. The summed E-state index contributed by atoms with van der Waals surface area (Å²) in [7, 11) is 0. The van der Waals surface area contributed by atoms with E-state index in [4.69, 9.17) is 5.26 Å². The molecule has 17 heavy (non-hydrogen) atoms. The lowest BCUT2D eigenvalue weighted by atomic mass is 9.94. The van der Waals surface area contributed by atoms with Crippen LogP contribution < -0.4 is 0 Å². The molecule has 0 radical (unpaired) electrons. The molecule has 0 spiro atoms. The van der Waals surface area contributed by atoms with E-state index in [1.807, 2.05) is 30.3 Å². The molecule has 1 aliphatic rings. The summed E-state index contributed by atoms with van der Waals surface area (Å²) in [5.41, 5.74) is -0.201. The van der Waals surface area contributed by atoms with Crippen molar-refractivity contribution in [2.75, 3.05) is 0 Å². The van der Waals surface area contributed by atoms with Crippen molar-refractivity contribution in [1.29, 1.82) is 10.5 Å². The Hall–Kier alpha value is -2.13. The molecule has 0 saturated heterocycles. The van der Waals surface area contributed by atoms with E-state index in [-0.39, 0.29) is 11.7 Å². The second kappa shape index (κ2) is 4.03. The van der Waals surface area contributed by atoms with Crippen LogP contribution >= 0.6 is 0 Å². The molecule has 2 rings (SSSR count). The third-order valence-corrected chi connectivity index (χ3v) is 3.47. The van der Waals surface area contributed by atoms with Gasteiger partial charge in [0.2, 0.25) is 0 Å². The number of hydrogen-bond donors (Lipinski definition) is 0. The molecule has 1 fully saturated rings. The van der Waals surface area contributed by atoms with E-state index in [0.717, 1.165) is 5.56 Å². The van der Waals surface area contributed by atoms with Gasteiger partial charge in [-0.05, 0) is 5.56 Å². The van der Waals surface area contributed by atoms with Gasteiger partial charge in [-0.25, -0.2) is 0 Å². The van der Waals surface area contributed by atoms with Crippen LogP contribution in [0, 0.1) is 34.0 Å². The number of carbonyl (C=O) groups excluding carboxylic acids is 1. The highest BCUT2D eigenvalue weighted by molar-refractivity contribution is 5.93. The van der Waals surface area contributed by atoms with Gasteiger partial charge in [0, 0.05) is 12.3 Å². The van der Waals surface area contributed by atoms with Gasteiger partial charge in [-0.1, -0.05) is 37.3 Å². The molecule has 0 aliphatic heterocycles. The van der Waals surface area contributed by atoms with E-state index in [0.29, 0.717) is 6.42 Å². The summed E-state index contributed by atoms with van der Waals surface area (Å²) in [5.74, 6) is -0.881. The molecule has 3 nitrogen and oxygen atoms in total. The van der Waals surface area contributed by atoms with E-state index in [2.05, 4.69) is 12.1 Å². The minimum Gasteiger partial charge on any atom is -0.298 e. The van der Waals surface area contributed by atoms with E-state index >= 15 is 0 Å². The number of Topliss-reactive ketones (excluding diaryl/α,β-unsaturated/α-hetero) is 1. The first-order chi connectivity index (χ1) is 8.22. The lowest BCUT2D eigenvalue weighted by Gasteiger charge is -2.04. The van der Waals surface area contributed by atoms with Crippen molar-refractivity contribution in [2.45, 2.75) is 19.3 Å². The van der Waals surface area contributed by atoms with Crippen LogP contribution in [0.2, 0.25) is 0 Å². The molecule has 0 amide bonds. The summed E-state index contributed by atoms with van der Waals surface area (Å²) in [5, 5.41) is 18.4. The number of carbonyl (C=O) groups is 1. The number of rotatable bonds is 3. The van der Waals surface area contributed by atoms with Crippen LogP contribution in [0.25, 0.3) is 0 Å². The topological polar surface area (TPSA) is 64.7 Å². The number of ketones is 1. The minimum atomic E-state index is -1.11. The highest BCUT2D eigenvalue weighted by Crippen LogP contribution is 2.65. The van der Waals surface area contributed by atoms with Gasteiger partial charge in [0.1, 0.15) is 5.41 Å². The summed E-state index contributed by atoms with van der Waals surface area (Å²) in [6.07, 6.45) is 0.301. The zero-order chi connectivity index (χ0) is 12.5. The molecule has 1 aromatic carbocycles. The molecule has 0 heterocycles. The molecule has 1 aliphatic carbocycles. The maximum atomic E-state index is 11.9. The molecule has 0 aromatic heterocycles. The molecular formula is C14H12N2O. The third kappa shape index (κ3) is 1.44. The number of nitriles is 2. The Kier molecular flexibility index (Phi) is 2.69. The SMILES string of the molecule is CCC(=O)C1(C#N)C(C#N)C1c1ccccc1. The summed E-state index contributed by atoms with van der Waals surface area (Å²) < 4.78 is 0. The molecule has 0 bridgehead atoms. The summed E-state index contributed by atoms with van der Waals surface area (Å²) in [6.45, 7) is 1.73. The van der Waals surface area contributed by atoms with E-state index in [9.17, 15) is 10.1 Å². The van der Waals surface area contributed by atoms with E-state index < -0.39 is 11.3 Å². The van der Waals surface area contributed by atoms with Crippen LogP contribution in [-0.4, -0.2) is 5.78 Å². The molecule has 3 unspecified atom stereocenters. The highest BCUT2D eigenvalue weighted by atomic mass is 16.1. The lowest BCUT2D eigenvalue weighted by Crippen LogP contribution is -2.16. The fourth-order valence-electron chi connectivity index (χ4n) is 2.52. The first-order valence-corrected chi connectivity index (χ1v) is 5.61. The first-order valence-electron chi connectivity index (χ1n) is 5.61. The average Bonchev–Trinajstić information content (AvgIpc) is 3.08. The summed E-state index contributed by atoms with van der Waals surface area (Å²) in [4.78, 5) is 11.9. The van der Waals surface area contributed by atoms with Crippen LogP contribution in [0.15, 0.2) is 30.3 Å². The molecule has 0 N–H and O–H groups in total. The van der Waals surface area contributed by atoms with Gasteiger partial charge in [-0.15, -0.1) is 0 Å². The Labute approximate surface area is 100 Å². The van der Waals surface area contributed by atoms with E-state index in [1.54, 1.807) is 6.92 Å². The van der Waals surface area contributed by atoms with Crippen molar-refractivity contribution in [3.63, 3.8) is 0 Å². The van der Waals surface area contributed by atoms with Crippen LogP contribution in [0.5, 0.6) is 0 Å². The maximum absolute atomic E-state index is 11.9. The maximum Gasteiger partial charge on any atom is 0.154 e. The Balaban J connectivity index is 2.42. The van der Waals surface area contributed by atoms with Gasteiger partial charge in [0.05, 0.1) is 18.1 Å². The smallest absolute Gasteiger partial charge is 0.154 e. The van der Waals surface area contributed by atoms with E-state index in [1.165, 1.54) is 0 Å². The second-order valence-corrected chi connectivity index (χ2v) is 4.25. The van der Waals surface area contributed by atoms with Crippen LogP contribution in [0.1, 0.15) is 24.8 Å². The summed E-state index contributed by atoms with van der Waals surface area (Å²) >= 11 is 0. The first kappa shape index (κ1) is 11.4. The van der Waals surface area contributed by atoms with Gasteiger partial charge in [-0.2, -0.15) is 10.5 Å². The van der Waals surface area contributed by atoms with Gasteiger partial charge in [0.15, 0.2) is 5.78 Å². The average molecular weight is 224 g/mol. The summed E-state index contributed by atoms with van der Waals surface area (Å²) in [6, 6.07) is 13.5. The van der Waals surface area contributed by atoms with Crippen LogP contribution in [0.4, 0.5) is 0 Å². The van der Waals surface area contributed by atoms with Crippen molar-refractivity contribution in [2.24, 2.45) is 11.3 Å². The van der Waals surface area contributed by atoms with Crippen molar-refractivity contribution >= 4 is 5.78 Å². The Morgan fingerprint density at radius 1 is 1.35 bits per heavy atom. The Morgan fingerprint density at radius 2 is 2.00 bits per heavy atom. The third-order valence-electron chi connectivity index (χ3n) is 3.47. The van der Waals surface area contributed by atoms with Crippen molar-refractivity contribution < 1.29 is 4.79 Å². The molecule has 84 valence electrons. The predicted molar refractivity (Wildman–Crippen MR) is 61.6 cm³/mol. The molecule has 1 aromatic rings. The quantitative estimate of drug-likeness (QED) is 0.791. The number of benzene rings is 1. The predicted octanol–water partition coefficient (Wildman–Crippen LogP) is 2.41. The largest absolute Gasteiger partial charge is 0.298 e.